The molecule has 0 spiro atoms. The molecule has 0 unspecified atom stereocenters. The second-order valence-electron chi connectivity index (χ2n) is 1.51. The van der Waals surface area contributed by atoms with Crippen LogP contribution in [-0.2, 0) is 360 Å². The third-order valence-corrected chi connectivity index (χ3v) is 0.789. The van der Waals surface area contributed by atoms with Crippen LogP contribution in [-0.4, -0.2) is 0 Å². The van der Waals surface area contributed by atoms with Gasteiger partial charge in [0.2, 0.25) is 0 Å². The molecular weight excluding hydrogens is 1060 g/mol. The molecule has 11 radical (unpaired) electrons. The van der Waals surface area contributed by atoms with Gasteiger partial charge in [-0.15, -0.1) is 6.92 Å². The average Bonchev–Trinajstić information content (AvgIpc) is 1.69. The third-order valence-electron chi connectivity index (χ3n) is 0.789. The molecule has 0 saturated heterocycles. The van der Waals surface area contributed by atoms with E-state index in [4.69, 9.17) is 0 Å². The largest absolute Gasteiger partial charge is 0.359 e. The fraction of sp³-hybridized carbons (Fsp3) is 0.143. The maximum atomic E-state index is 2.91. The van der Waals surface area contributed by atoms with Crippen molar-refractivity contribution >= 4 is 0 Å². The van der Waals surface area contributed by atoms with E-state index in [1.54, 1.807) is 6.07 Å². The Balaban J connectivity index is -0.00000000495. The van der Waals surface area contributed by atoms with Crippen LogP contribution in [0.1, 0.15) is 5.56 Å². The molecule has 1 aromatic rings. The monoisotopic (exact) mass is 1070 g/mol. The first kappa shape index (κ1) is 70.1. The summed E-state index contributed by atoms with van der Waals surface area (Å²) in [4.78, 5) is 0. The van der Waals surface area contributed by atoms with Gasteiger partial charge in [-0.1, -0.05) is 0 Å². The summed E-state index contributed by atoms with van der Waals surface area (Å²) in [5.41, 5.74) is 1.21. The van der Waals surface area contributed by atoms with E-state index in [1.165, 1.54) is 5.56 Å². The van der Waals surface area contributed by atoms with Crippen LogP contribution < -0.4 is 0 Å². The van der Waals surface area contributed by atoms with Gasteiger partial charge in [0.05, 0.1) is 0 Å². The first-order chi connectivity index (χ1) is 3.39. The van der Waals surface area contributed by atoms with Crippen molar-refractivity contribution in [1.82, 2.24) is 0 Å². The van der Waals surface area contributed by atoms with Crippen LogP contribution in [0.5, 0.6) is 0 Å². The van der Waals surface area contributed by atoms with Gasteiger partial charge in [0.25, 0.3) is 0 Å². The normalized spacial score (nSPS) is 3.39. The molecule has 0 atom stereocenters. The van der Waals surface area contributed by atoms with Gasteiger partial charge in [-0.2, -0.15) is 0 Å². The van der Waals surface area contributed by atoms with Crippen LogP contribution in [0.25, 0.3) is 0 Å². The molecule has 69 valence electrons. The standard InChI is InChI=1S/C7H6.11Y/c1-7-5-3-2-4-6-7;;;;;;;;;;;/h2,5-6H,1H3;;;;;;;;;;;/q-2;;;;;;;;;;;. The smallest absolute Gasteiger partial charge is 0 e. The Morgan fingerprint density at radius 1 is 0.556 bits per heavy atom. The van der Waals surface area contributed by atoms with E-state index >= 15 is 0 Å². The van der Waals surface area contributed by atoms with E-state index in [1.807, 2.05) is 19.1 Å². The van der Waals surface area contributed by atoms with Crippen molar-refractivity contribution in [3.63, 3.8) is 0 Å². The van der Waals surface area contributed by atoms with Crippen molar-refractivity contribution < 1.29 is 360 Å². The maximum Gasteiger partial charge on any atom is 0 e. The minimum absolute atomic E-state index is 0. The minimum Gasteiger partial charge on any atom is -0.359 e. The zero-order chi connectivity index (χ0) is 5.11. The Labute approximate surface area is 389 Å². The topological polar surface area (TPSA) is 0 Å². The molecule has 0 amide bonds. The van der Waals surface area contributed by atoms with Crippen LogP contribution in [0.4, 0.5) is 0 Å². The van der Waals surface area contributed by atoms with Crippen LogP contribution >= 0.6 is 0 Å². The van der Waals surface area contributed by atoms with E-state index in [0.29, 0.717) is 0 Å². The third kappa shape index (κ3) is 50.7. The second kappa shape index (κ2) is 56.6. The Hall–Kier alpha value is 11.4. The number of hydrogen-bond acceptors (Lipinski definition) is 0. The Bertz CT molecular complexity index is 147. The van der Waals surface area contributed by atoms with Crippen molar-refractivity contribution in [3.05, 3.63) is 35.9 Å². The van der Waals surface area contributed by atoms with Gasteiger partial charge in [0.1, 0.15) is 0 Å². The van der Waals surface area contributed by atoms with E-state index in [-0.39, 0.29) is 360 Å². The van der Waals surface area contributed by atoms with Crippen LogP contribution in [0.3, 0.4) is 0 Å². The van der Waals surface area contributed by atoms with Crippen LogP contribution in [0.15, 0.2) is 18.2 Å². The van der Waals surface area contributed by atoms with Gasteiger partial charge in [0.15, 0.2) is 0 Å². The predicted molar refractivity (Wildman–Crippen MR) is 28.9 cm³/mol. The molecule has 0 N–H and O–H groups in total. The minimum atomic E-state index is 0. The summed E-state index contributed by atoms with van der Waals surface area (Å²) in [6, 6.07) is 11.4. The summed E-state index contributed by atoms with van der Waals surface area (Å²) >= 11 is 0. The molecular formula is C7H6Y11-2. The molecule has 1 rings (SSSR count). The van der Waals surface area contributed by atoms with Gasteiger partial charge < -0.3 is 18.2 Å². The molecule has 0 aliphatic heterocycles. The van der Waals surface area contributed by atoms with Crippen molar-refractivity contribution in [2.45, 2.75) is 6.92 Å². The average molecular weight is 1070 g/mol. The molecule has 0 nitrogen and oxygen atoms in total. The van der Waals surface area contributed by atoms with Gasteiger partial charge in [0, 0.05) is 360 Å². The van der Waals surface area contributed by atoms with Crippen molar-refractivity contribution in [1.29, 1.82) is 0 Å². The molecule has 0 bridgehead atoms. The van der Waals surface area contributed by atoms with Crippen LogP contribution in [0, 0.1) is 19.1 Å². The quantitative estimate of drug-likeness (QED) is 0.347. The first-order valence-corrected chi connectivity index (χ1v) is 2.23. The number of rotatable bonds is 0. The molecule has 1 aromatic carbocycles. The summed E-state index contributed by atoms with van der Waals surface area (Å²) in [5, 5.41) is 0. The molecule has 11 heteroatoms. The summed E-state index contributed by atoms with van der Waals surface area (Å²) in [7, 11) is 0. The Morgan fingerprint density at radius 3 is 0.889 bits per heavy atom. The summed E-state index contributed by atoms with van der Waals surface area (Å²) in [5.74, 6) is 0. The van der Waals surface area contributed by atoms with Crippen molar-refractivity contribution in [2.75, 3.05) is 0 Å². The fourth-order valence-corrected chi connectivity index (χ4v) is 0.436. The van der Waals surface area contributed by atoms with E-state index in [2.05, 4.69) is 12.1 Å². The van der Waals surface area contributed by atoms with Gasteiger partial charge in [-0.3, -0.25) is 17.7 Å². The predicted octanol–water partition coefficient (Wildman–Crippen LogP) is 1.57. The zero-order valence-corrected chi connectivity index (χ0v) is 41.8. The summed E-state index contributed by atoms with van der Waals surface area (Å²) in [6.07, 6.45) is 0. The molecule has 0 aliphatic carbocycles. The van der Waals surface area contributed by atoms with Crippen molar-refractivity contribution in [3.8, 4) is 0 Å². The van der Waals surface area contributed by atoms with Gasteiger partial charge in [-0.25, -0.2) is 0 Å². The van der Waals surface area contributed by atoms with E-state index in [0.717, 1.165) is 0 Å². The Kier molecular flexibility index (Phi) is 220. The molecule has 0 heterocycles. The van der Waals surface area contributed by atoms with Gasteiger partial charge >= 0.3 is 0 Å². The van der Waals surface area contributed by atoms with Gasteiger partial charge in [-0.05, 0) is 0 Å². The molecule has 0 saturated carbocycles. The number of aryl methyl sites for hydroxylation is 1. The molecule has 0 aliphatic rings. The Morgan fingerprint density at radius 2 is 0.778 bits per heavy atom. The van der Waals surface area contributed by atoms with E-state index in [9.17, 15) is 0 Å². The SMILES string of the molecule is Cc1c[c-]c[c-]c1.[Y].[Y].[Y].[Y].[Y].[Y].[Y].[Y].[Y].[Y].[Y]. The van der Waals surface area contributed by atoms with E-state index < -0.39 is 0 Å². The van der Waals surface area contributed by atoms with Crippen molar-refractivity contribution in [2.24, 2.45) is 0 Å². The fourth-order valence-electron chi connectivity index (χ4n) is 0.436. The summed E-state index contributed by atoms with van der Waals surface area (Å²) in [6.45, 7) is 2.02. The number of hydrogen-bond donors (Lipinski definition) is 0. The van der Waals surface area contributed by atoms with Crippen LogP contribution in [0.2, 0.25) is 0 Å². The summed E-state index contributed by atoms with van der Waals surface area (Å²) < 4.78 is 0. The first-order valence-electron chi connectivity index (χ1n) is 2.23. The molecule has 0 fully saturated rings. The maximum absolute atomic E-state index is 2.91. The second-order valence-corrected chi connectivity index (χ2v) is 1.51. The molecule has 0 aromatic heterocycles. The number of benzene rings is 1. The molecule has 18 heavy (non-hydrogen) atoms. The zero-order valence-electron chi connectivity index (χ0n) is 10.6.